The molecule has 206 valence electrons. The number of nitrogens with one attached hydrogen (secondary N) is 3. The first kappa shape index (κ1) is 28.9. The van der Waals surface area contributed by atoms with Crippen molar-refractivity contribution < 1.29 is 22.7 Å². The molecule has 0 spiro atoms. The number of carbonyl (C=O) groups is 2. The van der Waals surface area contributed by atoms with Crippen molar-refractivity contribution in [3.63, 3.8) is 0 Å². The second-order valence-corrected chi connectivity index (χ2v) is 13.7. The molecule has 13 heteroatoms. The Hall–Kier alpha value is -2.13. The molecule has 4 rings (SSSR count). The molecule has 0 aromatic heterocycles. The van der Waals surface area contributed by atoms with Crippen LogP contribution in [0.1, 0.15) is 32.8 Å². The van der Waals surface area contributed by atoms with Gasteiger partial charge in [0.2, 0.25) is 21.8 Å². The van der Waals surface area contributed by atoms with Crippen LogP contribution in [0.25, 0.3) is 0 Å². The molecule has 2 aromatic carbocycles. The van der Waals surface area contributed by atoms with Crippen LogP contribution in [0.4, 0.5) is 5.69 Å². The maximum Gasteiger partial charge on any atom is 0.243 e. The molecule has 1 atom stereocenters. The number of hydrogen-bond acceptors (Lipinski definition) is 7. The lowest BCUT2D eigenvalue weighted by atomic mass is 10.1. The molecule has 0 radical (unpaired) electrons. The van der Waals surface area contributed by atoms with Crippen LogP contribution in [0.15, 0.2) is 41.3 Å². The number of sulfonamides is 1. The van der Waals surface area contributed by atoms with Gasteiger partial charge in [-0.2, -0.15) is 4.31 Å². The fraction of sp³-hybridized carbons (Fsp3) is 0.440. The lowest BCUT2D eigenvalue weighted by molar-refractivity contribution is -0.131. The lowest BCUT2D eigenvalue weighted by Gasteiger charge is -2.35. The number of hydrazine groups is 1. The minimum absolute atomic E-state index is 0.0688. The Balaban J connectivity index is 1.50. The van der Waals surface area contributed by atoms with Crippen LogP contribution in [-0.4, -0.2) is 62.4 Å². The summed E-state index contributed by atoms with van der Waals surface area (Å²) in [5.41, 5.74) is 4.16. The number of nitrogens with zero attached hydrogens (tertiary/aromatic N) is 2. The molecular weight excluding hydrogens is 645 g/mol. The van der Waals surface area contributed by atoms with E-state index in [2.05, 4.69) is 59.4 Å². The number of halogens is 2. The third-order valence-electron chi connectivity index (χ3n) is 6.14. The fourth-order valence-corrected chi connectivity index (χ4v) is 6.35. The molecule has 1 fully saturated rings. The van der Waals surface area contributed by atoms with E-state index in [1.54, 1.807) is 23.2 Å². The maximum absolute atomic E-state index is 13.3. The third-order valence-corrected chi connectivity index (χ3v) is 9.13. The molecular formula is C25H31ClIN5O5S. The van der Waals surface area contributed by atoms with E-state index in [0.717, 1.165) is 13.4 Å². The van der Waals surface area contributed by atoms with Gasteiger partial charge >= 0.3 is 0 Å². The Morgan fingerprint density at radius 3 is 2.61 bits per heavy atom. The van der Waals surface area contributed by atoms with E-state index in [1.807, 2.05) is 6.07 Å². The Bertz CT molecular complexity index is 1320. The van der Waals surface area contributed by atoms with E-state index in [4.69, 9.17) is 16.3 Å². The van der Waals surface area contributed by atoms with Crippen molar-refractivity contribution in [2.75, 3.05) is 31.3 Å². The molecule has 2 aliphatic rings. The van der Waals surface area contributed by atoms with Gasteiger partial charge < -0.3 is 15.4 Å². The van der Waals surface area contributed by atoms with Gasteiger partial charge in [-0.25, -0.2) is 8.42 Å². The van der Waals surface area contributed by atoms with Gasteiger partial charge in [0, 0.05) is 33.8 Å². The third kappa shape index (κ3) is 6.71. The minimum Gasteiger partial charge on any atom is -0.489 e. The van der Waals surface area contributed by atoms with Gasteiger partial charge in [0.1, 0.15) is 24.1 Å². The molecule has 3 N–H and O–H groups in total. The SMILES string of the molecule is CC(C)(C)NCc1cc2c(cc1Cl)N(NC(=O)CC1C(=O)NCCN1S(=O)(=O)c1ccc(I)cc1)CCO2. The summed E-state index contributed by atoms with van der Waals surface area (Å²) in [4.78, 5) is 25.9. The predicted molar refractivity (Wildman–Crippen MR) is 153 cm³/mol. The number of anilines is 1. The van der Waals surface area contributed by atoms with Gasteiger partial charge in [-0.1, -0.05) is 11.6 Å². The summed E-state index contributed by atoms with van der Waals surface area (Å²) in [6.45, 7) is 7.66. The van der Waals surface area contributed by atoms with Gasteiger partial charge in [-0.05, 0) is 85.3 Å². The summed E-state index contributed by atoms with van der Waals surface area (Å²) in [6, 6.07) is 8.77. The molecule has 2 aliphatic heterocycles. The van der Waals surface area contributed by atoms with Crippen molar-refractivity contribution in [1.82, 2.24) is 20.4 Å². The molecule has 1 unspecified atom stereocenters. The zero-order valence-electron chi connectivity index (χ0n) is 21.4. The van der Waals surface area contributed by atoms with Gasteiger partial charge in [0.15, 0.2) is 0 Å². The molecule has 38 heavy (non-hydrogen) atoms. The van der Waals surface area contributed by atoms with Crippen LogP contribution in [0.3, 0.4) is 0 Å². The average Bonchev–Trinajstić information content (AvgIpc) is 2.84. The van der Waals surface area contributed by atoms with Crippen LogP contribution in [0.5, 0.6) is 5.75 Å². The Morgan fingerprint density at radius 1 is 1.21 bits per heavy atom. The van der Waals surface area contributed by atoms with Crippen molar-refractivity contribution in [2.24, 2.45) is 0 Å². The van der Waals surface area contributed by atoms with Crippen molar-refractivity contribution in [2.45, 2.75) is 50.2 Å². The average molecular weight is 676 g/mol. The molecule has 2 heterocycles. The summed E-state index contributed by atoms with van der Waals surface area (Å²) in [5, 5.41) is 8.20. The normalized spacial score (nSPS) is 18.4. The quantitative estimate of drug-likeness (QED) is 0.386. The van der Waals surface area contributed by atoms with Crippen LogP contribution < -0.4 is 25.8 Å². The highest BCUT2D eigenvalue weighted by Crippen LogP contribution is 2.36. The molecule has 1 saturated heterocycles. The Kier molecular flexibility index (Phi) is 8.77. The number of rotatable bonds is 7. The first-order valence-electron chi connectivity index (χ1n) is 12.2. The lowest BCUT2D eigenvalue weighted by Crippen LogP contribution is -2.59. The van der Waals surface area contributed by atoms with Crippen LogP contribution in [0.2, 0.25) is 5.02 Å². The summed E-state index contributed by atoms with van der Waals surface area (Å²) >= 11 is 8.63. The van der Waals surface area contributed by atoms with Gasteiger partial charge in [0.05, 0.1) is 17.9 Å². The predicted octanol–water partition coefficient (Wildman–Crippen LogP) is 2.64. The molecule has 0 saturated carbocycles. The van der Waals surface area contributed by atoms with Gasteiger partial charge in [-0.3, -0.25) is 20.0 Å². The monoisotopic (exact) mass is 675 g/mol. The summed E-state index contributed by atoms with van der Waals surface area (Å²) in [6.07, 6.45) is -0.344. The second kappa shape index (κ2) is 11.5. The van der Waals surface area contributed by atoms with Gasteiger partial charge in [-0.15, -0.1) is 0 Å². The van der Waals surface area contributed by atoms with Crippen molar-refractivity contribution in [3.8, 4) is 5.75 Å². The Labute approximate surface area is 241 Å². The molecule has 0 aliphatic carbocycles. The van der Waals surface area contributed by atoms with E-state index in [0.29, 0.717) is 36.2 Å². The van der Waals surface area contributed by atoms with E-state index in [1.165, 1.54) is 12.1 Å². The summed E-state index contributed by atoms with van der Waals surface area (Å²) in [5.74, 6) is -0.441. The highest BCUT2D eigenvalue weighted by Gasteiger charge is 2.40. The topological polar surface area (TPSA) is 120 Å². The van der Waals surface area contributed by atoms with Gasteiger partial charge in [0.25, 0.3) is 0 Å². The zero-order valence-corrected chi connectivity index (χ0v) is 25.1. The molecule has 0 bridgehead atoms. The molecule has 10 nitrogen and oxygen atoms in total. The van der Waals surface area contributed by atoms with Crippen LogP contribution >= 0.6 is 34.2 Å². The molecule has 2 amide bonds. The number of fused-ring (bicyclic) bond motifs is 1. The first-order chi connectivity index (χ1) is 17.8. The smallest absolute Gasteiger partial charge is 0.243 e. The summed E-state index contributed by atoms with van der Waals surface area (Å²) < 4.78 is 34.5. The second-order valence-electron chi connectivity index (χ2n) is 10.1. The van der Waals surface area contributed by atoms with E-state index < -0.39 is 27.9 Å². The minimum atomic E-state index is -3.98. The summed E-state index contributed by atoms with van der Waals surface area (Å²) in [7, 11) is -3.98. The van der Waals surface area contributed by atoms with E-state index >= 15 is 0 Å². The van der Waals surface area contributed by atoms with E-state index in [-0.39, 0.29) is 29.9 Å². The van der Waals surface area contributed by atoms with Crippen LogP contribution in [0, 0.1) is 3.57 Å². The maximum atomic E-state index is 13.3. The van der Waals surface area contributed by atoms with Crippen molar-refractivity contribution in [1.29, 1.82) is 0 Å². The number of amides is 2. The number of carbonyl (C=O) groups excluding carboxylic acids is 2. The highest BCUT2D eigenvalue weighted by atomic mass is 127. The van der Waals surface area contributed by atoms with E-state index in [9.17, 15) is 18.0 Å². The number of piperazine rings is 1. The Morgan fingerprint density at radius 2 is 1.92 bits per heavy atom. The van der Waals surface area contributed by atoms with Crippen LogP contribution in [-0.2, 0) is 26.2 Å². The number of benzene rings is 2. The fourth-order valence-electron chi connectivity index (χ4n) is 4.18. The largest absolute Gasteiger partial charge is 0.489 e. The number of ether oxygens (including phenoxy) is 1. The first-order valence-corrected chi connectivity index (χ1v) is 15.1. The number of hydrogen-bond donors (Lipinski definition) is 3. The molecule has 2 aromatic rings. The standard InChI is InChI=1S/C25H31ClIN5O5S/c1-25(2,3)29-15-16-12-22-20(13-19(16)26)31(10-11-37-22)30-23(33)14-21-24(34)28-8-9-32(21)38(35,36)18-6-4-17(27)5-7-18/h4-7,12-13,21,29H,8-11,14-15H2,1-3H3,(H,28,34)(H,30,33). The highest BCUT2D eigenvalue weighted by molar-refractivity contribution is 14.1. The van der Waals surface area contributed by atoms with Crippen molar-refractivity contribution >= 4 is 61.7 Å². The zero-order chi connectivity index (χ0) is 27.7. The van der Waals surface area contributed by atoms with Crippen molar-refractivity contribution in [3.05, 3.63) is 50.6 Å².